The molecule has 0 N–H and O–H groups in total. The van der Waals surface area contributed by atoms with E-state index in [1.54, 1.807) is 0 Å². The Labute approximate surface area is 204 Å². The molecule has 0 fully saturated rings. The van der Waals surface area contributed by atoms with Gasteiger partial charge in [-0.1, -0.05) is 149 Å². The molecule has 0 aromatic carbocycles. The Bertz CT molecular complexity index is 342. The van der Waals surface area contributed by atoms with Crippen molar-refractivity contribution in [1.82, 2.24) is 0 Å². The average Bonchev–Trinajstić information content (AvgIpc) is 2.82. The van der Waals surface area contributed by atoms with Gasteiger partial charge in [0.05, 0.1) is 0 Å². The van der Waals surface area contributed by atoms with E-state index < -0.39 is 0 Å². The first-order chi connectivity index (χ1) is 15.7. The van der Waals surface area contributed by atoms with Crippen LogP contribution in [0, 0.1) is 5.92 Å². The molecule has 2 heteroatoms. The highest BCUT2D eigenvalue weighted by Crippen LogP contribution is 2.34. The van der Waals surface area contributed by atoms with E-state index in [4.69, 9.17) is 9.47 Å². The van der Waals surface area contributed by atoms with Crippen molar-refractivity contribution < 1.29 is 9.47 Å². The fourth-order valence-corrected chi connectivity index (χ4v) is 5.33. The van der Waals surface area contributed by atoms with Crippen LogP contribution in [0.4, 0.5) is 0 Å². The molecule has 0 rings (SSSR count). The lowest BCUT2D eigenvalue weighted by atomic mass is 9.85. The zero-order valence-corrected chi connectivity index (χ0v) is 23.2. The summed E-state index contributed by atoms with van der Waals surface area (Å²) < 4.78 is 11.9. The van der Waals surface area contributed by atoms with Crippen LogP contribution in [0.15, 0.2) is 0 Å². The molecule has 2 nitrogen and oxygen atoms in total. The summed E-state index contributed by atoms with van der Waals surface area (Å²) in [6.07, 6.45) is 31.6. The Morgan fingerprint density at radius 2 is 0.719 bits per heavy atom. The second kappa shape index (κ2) is 24.1. The number of rotatable bonds is 26. The van der Waals surface area contributed by atoms with Crippen LogP contribution in [-0.2, 0) is 9.47 Å². The predicted octanol–water partition coefficient (Wildman–Crippen LogP) is 10.6. The first-order valence-corrected chi connectivity index (χ1v) is 14.8. The van der Waals surface area contributed by atoms with Gasteiger partial charge in [-0.15, -0.1) is 0 Å². The fraction of sp³-hybridized carbons (Fsp3) is 1.00. The van der Waals surface area contributed by atoms with Crippen LogP contribution >= 0.6 is 0 Å². The van der Waals surface area contributed by atoms with Crippen molar-refractivity contribution in [2.75, 3.05) is 14.2 Å². The minimum absolute atomic E-state index is 0.375. The standard InChI is InChI=1S/C30H62O2/c1-6-9-11-13-15-16-17-18-19-20-21-22-24-26-28-29(30(8-3,31-4)32-5)27-25-23-14-12-10-7-2/h29H,6-28H2,1-5H3. The molecular formula is C30H62O2. The van der Waals surface area contributed by atoms with Crippen molar-refractivity contribution in [2.24, 2.45) is 5.92 Å². The summed E-state index contributed by atoms with van der Waals surface area (Å²) in [4.78, 5) is 0. The number of hydrogen-bond acceptors (Lipinski definition) is 2. The molecular weight excluding hydrogens is 392 g/mol. The summed E-state index contributed by atoms with van der Waals surface area (Å²) in [6, 6.07) is 0. The molecule has 1 atom stereocenters. The Hall–Kier alpha value is -0.0800. The molecule has 0 aromatic heterocycles. The van der Waals surface area contributed by atoms with Gasteiger partial charge in [0.25, 0.3) is 0 Å². The van der Waals surface area contributed by atoms with Gasteiger partial charge in [-0.05, 0) is 19.3 Å². The molecule has 0 aliphatic carbocycles. The second-order valence-electron chi connectivity index (χ2n) is 10.2. The molecule has 0 heterocycles. The third kappa shape index (κ3) is 16.5. The van der Waals surface area contributed by atoms with Crippen LogP contribution in [-0.4, -0.2) is 20.0 Å². The molecule has 0 spiro atoms. The Kier molecular flexibility index (Phi) is 24.0. The summed E-state index contributed by atoms with van der Waals surface area (Å²) >= 11 is 0. The van der Waals surface area contributed by atoms with Gasteiger partial charge in [0.2, 0.25) is 0 Å². The highest BCUT2D eigenvalue weighted by atomic mass is 16.7. The lowest BCUT2D eigenvalue weighted by molar-refractivity contribution is -0.244. The Morgan fingerprint density at radius 1 is 0.438 bits per heavy atom. The van der Waals surface area contributed by atoms with Gasteiger partial charge in [-0.3, -0.25) is 0 Å². The third-order valence-electron chi connectivity index (χ3n) is 7.62. The Morgan fingerprint density at radius 3 is 0.969 bits per heavy atom. The topological polar surface area (TPSA) is 18.5 Å². The van der Waals surface area contributed by atoms with E-state index in [-0.39, 0.29) is 5.79 Å². The van der Waals surface area contributed by atoms with E-state index in [1.807, 2.05) is 14.2 Å². The first-order valence-electron chi connectivity index (χ1n) is 14.8. The smallest absolute Gasteiger partial charge is 0.170 e. The van der Waals surface area contributed by atoms with Gasteiger partial charge >= 0.3 is 0 Å². The number of hydrogen-bond donors (Lipinski definition) is 0. The molecule has 0 aliphatic heterocycles. The van der Waals surface area contributed by atoms with Gasteiger partial charge in [0.1, 0.15) is 0 Å². The molecule has 1 unspecified atom stereocenters. The summed E-state index contributed by atoms with van der Waals surface area (Å²) in [5.74, 6) is 0.158. The zero-order chi connectivity index (χ0) is 23.8. The van der Waals surface area contributed by atoms with Crippen molar-refractivity contribution in [2.45, 2.75) is 174 Å². The highest BCUT2D eigenvalue weighted by molar-refractivity contribution is 4.78. The van der Waals surface area contributed by atoms with E-state index in [2.05, 4.69) is 20.8 Å². The lowest BCUT2D eigenvalue weighted by Gasteiger charge is -2.38. The van der Waals surface area contributed by atoms with Crippen LogP contribution in [0.1, 0.15) is 168 Å². The molecule has 32 heavy (non-hydrogen) atoms. The molecule has 0 saturated heterocycles. The number of methoxy groups -OCH3 is 2. The summed E-state index contributed by atoms with van der Waals surface area (Å²) in [7, 11) is 3.68. The Balaban J connectivity index is 3.91. The molecule has 0 aliphatic rings. The van der Waals surface area contributed by atoms with E-state index >= 15 is 0 Å². The molecule has 0 bridgehead atoms. The second-order valence-corrected chi connectivity index (χ2v) is 10.2. The van der Waals surface area contributed by atoms with Gasteiger partial charge in [0, 0.05) is 20.1 Å². The number of unbranched alkanes of at least 4 members (excludes halogenated alkanes) is 18. The SMILES string of the molecule is CCCCCCCCCCCCCCCCC(CCCCCCCC)C(CC)(OC)OC. The predicted molar refractivity (Wildman–Crippen MR) is 143 cm³/mol. The monoisotopic (exact) mass is 454 g/mol. The summed E-state index contributed by atoms with van der Waals surface area (Å²) in [6.45, 7) is 6.80. The maximum absolute atomic E-state index is 5.94. The zero-order valence-electron chi connectivity index (χ0n) is 23.2. The largest absolute Gasteiger partial charge is 0.353 e. The normalized spacial score (nSPS) is 13.0. The first kappa shape index (κ1) is 31.9. The van der Waals surface area contributed by atoms with E-state index in [1.165, 1.54) is 141 Å². The molecule has 0 aromatic rings. The maximum atomic E-state index is 5.94. The summed E-state index contributed by atoms with van der Waals surface area (Å²) in [5.41, 5.74) is 0. The van der Waals surface area contributed by atoms with E-state index in [0.29, 0.717) is 5.92 Å². The van der Waals surface area contributed by atoms with Gasteiger partial charge in [-0.2, -0.15) is 0 Å². The quantitative estimate of drug-likeness (QED) is 0.0955. The third-order valence-corrected chi connectivity index (χ3v) is 7.62. The van der Waals surface area contributed by atoms with Crippen LogP contribution < -0.4 is 0 Å². The van der Waals surface area contributed by atoms with Crippen molar-refractivity contribution >= 4 is 0 Å². The van der Waals surface area contributed by atoms with Crippen molar-refractivity contribution in [3.63, 3.8) is 0 Å². The van der Waals surface area contributed by atoms with Crippen molar-refractivity contribution in [3.05, 3.63) is 0 Å². The van der Waals surface area contributed by atoms with Crippen LogP contribution in [0.3, 0.4) is 0 Å². The molecule has 0 amide bonds. The van der Waals surface area contributed by atoms with Crippen LogP contribution in [0.5, 0.6) is 0 Å². The minimum Gasteiger partial charge on any atom is -0.353 e. The van der Waals surface area contributed by atoms with Gasteiger partial charge < -0.3 is 9.47 Å². The van der Waals surface area contributed by atoms with Crippen molar-refractivity contribution in [1.29, 1.82) is 0 Å². The van der Waals surface area contributed by atoms with Crippen LogP contribution in [0.25, 0.3) is 0 Å². The van der Waals surface area contributed by atoms with Crippen LogP contribution in [0.2, 0.25) is 0 Å². The lowest BCUT2D eigenvalue weighted by Crippen LogP contribution is -2.41. The molecule has 194 valence electrons. The van der Waals surface area contributed by atoms with Crippen molar-refractivity contribution in [3.8, 4) is 0 Å². The number of ether oxygens (including phenoxy) is 2. The highest BCUT2D eigenvalue weighted by Gasteiger charge is 2.36. The van der Waals surface area contributed by atoms with Gasteiger partial charge in [-0.25, -0.2) is 0 Å². The molecule has 0 saturated carbocycles. The minimum atomic E-state index is -0.375. The average molecular weight is 455 g/mol. The maximum Gasteiger partial charge on any atom is 0.170 e. The molecule has 0 radical (unpaired) electrons. The fourth-order valence-electron chi connectivity index (χ4n) is 5.33. The van der Waals surface area contributed by atoms with Gasteiger partial charge in [0.15, 0.2) is 5.79 Å². The van der Waals surface area contributed by atoms with E-state index in [9.17, 15) is 0 Å². The van der Waals surface area contributed by atoms with E-state index in [0.717, 1.165) is 6.42 Å². The summed E-state index contributed by atoms with van der Waals surface area (Å²) in [5, 5.41) is 0.